The second kappa shape index (κ2) is 7.81. The van der Waals surface area contributed by atoms with E-state index < -0.39 is 11.9 Å². The number of ether oxygens (including phenoxy) is 2. The van der Waals surface area contributed by atoms with Crippen molar-refractivity contribution >= 4 is 39.9 Å². The van der Waals surface area contributed by atoms with Crippen molar-refractivity contribution in [3.8, 4) is 16.2 Å². The minimum absolute atomic E-state index is 0.118. The Morgan fingerprint density at radius 1 is 1.00 bits per heavy atom. The van der Waals surface area contributed by atoms with Crippen LogP contribution in [-0.4, -0.2) is 26.1 Å². The average Bonchev–Trinajstić information content (AvgIpc) is 3.38. The molecule has 1 N–H and O–H groups in total. The third-order valence-electron chi connectivity index (χ3n) is 4.36. The molecule has 7 heteroatoms. The molecule has 0 bridgehead atoms. The molecular formula is C22H17NO5S. The van der Waals surface area contributed by atoms with E-state index >= 15 is 0 Å². The number of hydrogen-bond donors (Lipinski definition) is 1. The Morgan fingerprint density at radius 2 is 1.79 bits per heavy atom. The monoisotopic (exact) mass is 407 g/mol. The maximum absolute atomic E-state index is 12.8. The number of carbonyl (C=O) groups is 2. The first-order chi connectivity index (χ1) is 14.1. The van der Waals surface area contributed by atoms with Gasteiger partial charge in [0.25, 0.3) is 5.91 Å². The molecule has 29 heavy (non-hydrogen) atoms. The highest BCUT2D eigenvalue weighted by atomic mass is 32.1. The lowest BCUT2D eigenvalue weighted by Gasteiger charge is -2.03. The zero-order valence-corrected chi connectivity index (χ0v) is 16.5. The summed E-state index contributed by atoms with van der Waals surface area (Å²) in [6.07, 6.45) is 0. The summed E-state index contributed by atoms with van der Waals surface area (Å²) >= 11 is 1.25. The number of furan rings is 1. The summed E-state index contributed by atoms with van der Waals surface area (Å²) in [5, 5.41) is 3.51. The fourth-order valence-corrected chi connectivity index (χ4v) is 4.00. The van der Waals surface area contributed by atoms with E-state index in [0.717, 1.165) is 15.8 Å². The van der Waals surface area contributed by atoms with E-state index in [1.54, 1.807) is 18.2 Å². The summed E-state index contributed by atoms with van der Waals surface area (Å²) in [7, 11) is 2.84. The standard InChI is InChI=1S/C22H17NO5S/c1-26-16-10-6-9-14-11-17(28-19(14)16)21(24)23-15-12-18(13-7-4-3-5-8-13)29-20(15)22(25)27-2/h3-12H,1-2H3,(H,23,24). The van der Waals surface area contributed by atoms with Crippen molar-refractivity contribution in [2.75, 3.05) is 19.5 Å². The van der Waals surface area contributed by atoms with Gasteiger partial charge in [-0.1, -0.05) is 42.5 Å². The van der Waals surface area contributed by atoms with Crippen molar-refractivity contribution in [3.05, 3.63) is 71.3 Å². The zero-order chi connectivity index (χ0) is 20.4. The number of amides is 1. The molecule has 0 unspecified atom stereocenters. The topological polar surface area (TPSA) is 77.8 Å². The summed E-state index contributed by atoms with van der Waals surface area (Å²) in [4.78, 5) is 26.2. The van der Waals surface area contributed by atoms with Gasteiger partial charge in [0, 0.05) is 10.3 Å². The number of esters is 1. The normalized spacial score (nSPS) is 10.7. The molecule has 0 fully saturated rings. The number of hydrogen-bond acceptors (Lipinski definition) is 6. The molecule has 0 atom stereocenters. The summed E-state index contributed by atoms with van der Waals surface area (Å²) in [5.41, 5.74) is 1.80. The maximum Gasteiger partial charge on any atom is 0.350 e. The van der Waals surface area contributed by atoms with Gasteiger partial charge >= 0.3 is 5.97 Å². The lowest BCUT2D eigenvalue weighted by atomic mass is 10.2. The number of thiophene rings is 1. The first-order valence-corrected chi connectivity index (χ1v) is 9.58. The second-order valence-electron chi connectivity index (χ2n) is 6.15. The molecule has 0 radical (unpaired) electrons. The second-order valence-corrected chi connectivity index (χ2v) is 7.21. The van der Waals surface area contributed by atoms with Gasteiger partial charge in [-0.15, -0.1) is 11.3 Å². The molecule has 2 aromatic heterocycles. The van der Waals surface area contributed by atoms with Crippen LogP contribution in [0, 0.1) is 0 Å². The Kier molecular flexibility index (Phi) is 5.05. The van der Waals surface area contributed by atoms with Crippen molar-refractivity contribution in [1.82, 2.24) is 0 Å². The molecule has 6 nitrogen and oxygen atoms in total. The number of rotatable bonds is 5. The first kappa shape index (κ1) is 18.8. The molecule has 0 aliphatic carbocycles. The van der Waals surface area contributed by atoms with Gasteiger partial charge in [0.2, 0.25) is 0 Å². The zero-order valence-electron chi connectivity index (χ0n) is 15.7. The molecule has 146 valence electrons. The quantitative estimate of drug-likeness (QED) is 0.460. The third-order valence-corrected chi connectivity index (χ3v) is 5.53. The van der Waals surface area contributed by atoms with Gasteiger partial charge < -0.3 is 19.2 Å². The summed E-state index contributed by atoms with van der Waals surface area (Å²) in [6.45, 7) is 0. The van der Waals surface area contributed by atoms with Gasteiger partial charge in [-0.3, -0.25) is 4.79 Å². The molecular weight excluding hydrogens is 390 g/mol. The summed E-state index contributed by atoms with van der Waals surface area (Å²) < 4.78 is 15.8. The van der Waals surface area contributed by atoms with Crippen molar-refractivity contribution < 1.29 is 23.5 Å². The number of carbonyl (C=O) groups excluding carboxylic acids is 2. The molecule has 2 heterocycles. The van der Waals surface area contributed by atoms with Crippen LogP contribution in [0.5, 0.6) is 5.75 Å². The molecule has 0 saturated carbocycles. The Balaban J connectivity index is 1.69. The number of nitrogens with one attached hydrogen (secondary N) is 1. The van der Waals surface area contributed by atoms with Gasteiger partial charge in [0.1, 0.15) is 4.88 Å². The average molecular weight is 407 g/mol. The van der Waals surface area contributed by atoms with E-state index in [9.17, 15) is 9.59 Å². The molecule has 0 aliphatic heterocycles. The molecule has 0 spiro atoms. The Morgan fingerprint density at radius 3 is 2.52 bits per heavy atom. The van der Waals surface area contributed by atoms with Crippen LogP contribution in [0.2, 0.25) is 0 Å². The number of anilines is 1. The van der Waals surface area contributed by atoms with Crippen molar-refractivity contribution in [2.24, 2.45) is 0 Å². The van der Waals surface area contributed by atoms with Crippen LogP contribution in [-0.2, 0) is 4.74 Å². The predicted octanol–water partition coefficient (Wildman–Crippen LogP) is 5.21. The van der Waals surface area contributed by atoms with Crippen LogP contribution in [0.25, 0.3) is 21.4 Å². The Hall–Kier alpha value is -3.58. The minimum Gasteiger partial charge on any atom is -0.493 e. The molecule has 0 aliphatic rings. The van der Waals surface area contributed by atoms with Crippen LogP contribution in [0.3, 0.4) is 0 Å². The maximum atomic E-state index is 12.8. The van der Waals surface area contributed by atoms with E-state index in [1.807, 2.05) is 42.5 Å². The van der Waals surface area contributed by atoms with Crippen LogP contribution in [0.15, 0.2) is 65.1 Å². The smallest absolute Gasteiger partial charge is 0.350 e. The highest BCUT2D eigenvalue weighted by Crippen LogP contribution is 2.36. The van der Waals surface area contributed by atoms with Gasteiger partial charge in [-0.2, -0.15) is 0 Å². The lowest BCUT2D eigenvalue weighted by Crippen LogP contribution is -2.13. The van der Waals surface area contributed by atoms with Crippen LogP contribution in [0.1, 0.15) is 20.2 Å². The van der Waals surface area contributed by atoms with Crippen molar-refractivity contribution in [1.29, 1.82) is 0 Å². The summed E-state index contributed by atoms with van der Waals surface area (Å²) in [6, 6.07) is 18.4. The molecule has 2 aromatic carbocycles. The SMILES string of the molecule is COC(=O)c1sc(-c2ccccc2)cc1NC(=O)c1cc2cccc(OC)c2o1. The largest absolute Gasteiger partial charge is 0.493 e. The number of para-hydroxylation sites is 1. The fourth-order valence-electron chi connectivity index (χ4n) is 2.97. The van der Waals surface area contributed by atoms with Gasteiger partial charge in [0.05, 0.1) is 19.9 Å². The van der Waals surface area contributed by atoms with E-state index in [2.05, 4.69) is 5.32 Å². The number of benzene rings is 2. The van der Waals surface area contributed by atoms with Crippen LogP contribution >= 0.6 is 11.3 Å². The van der Waals surface area contributed by atoms with Gasteiger partial charge in [-0.05, 0) is 23.8 Å². The molecule has 4 rings (SSSR count). The third kappa shape index (κ3) is 3.60. The molecule has 4 aromatic rings. The van der Waals surface area contributed by atoms with E-state index in [-0.39, 0.29) is 5.76 Å². The van der Waals surface area contributed by atoms with Crippen molar-refractivity contribution in [2.45, 2.75) is 0 Å². The van der Waals surface area contributed by atoms with Gasteiger partial charge in [0.15, 0.2) is 17.1 Å². The Labute approximate surface area is 170 Å². The predicted molar refractivity (Wildman–Crippen MR) is 112 cm³/mol. The summed E-state index contributed by atoms with van der Waals surface area (Å²) in [5.74, 6) is -0.323. The van der Waals surface area contributed by atoms with E-state index in [1.165, 1.54) is 25.6 Å². The molecule has 0 saturated heterocycles. The van der Waals surface area contributed by atoms with Crippen LogP contribution < -0.4 is 10.1 Å². The number of fused-ring (bicyclic) bond motifs is 1. The van der Waals surface area contributed by atoms with E-state index in [4.69, 9.17) is 13.9 Å². The minimum atomic E-state index is -0.515. The lowest BCUT2D eigenvalue weighted by molar-refractivity contribution is 0.0607. The first-order valence-electron chi connectivity index (χ1n) is 8.76. The highest BCUT2D eigenvalue weighted by molar-refractivity contribution is 7.18. The van der Waals surface area contributed by atoms with Crippen LogP contribution in [0.4, 0.5) is 5.69 Å². The van der Waals surface area contributed by atoms with E-state index in [0.29, 0.717) is 21.9 Å². The fraction of sp³-hybridized carbons (Fsp3) is 0.0909. The highest BCUT2D eigenvalue weighted by Gasteiger charge is 2.22. The van der Waals surface area contributed by atoms with Gasteiger partial charge in [-0.25, -0.2) is 4.79 Å². The Bertz CT molecular complexity index is 1190. The van der Waals surface area contributed by atoms with Crippen molar-refractivity contribution in [3.63, 3.8) is 0 Å². The number of methoxy groups -OCH3 is 2. The molecule has 1 amide bonds.